The van der Waals surface area contributed by atoms with E-state index in [4.69, 9.17) is 4.74 Å². The molecule has 0 aromatic heterocycles. The van der Waals surface area contributed by atoms with Crippen LogP contribution in [0.25, 0.3) is 0 Å². The van der Waals surface area contributed by atoms with Gasteiger partial charge in [0.15, 0.2) is 17.2 Å². The van der Waals surface area contributed by atoms with Gasteiger partial charge in [-0.3, -0.25) is 0 Å². The molecule has 1 atom stereocenters. The van der Waals surface area contributed by atoms with Crippen molar-refractivity contribution in [2.24, 2.45) is 0 Å². The van der Waals surface area contributed by atoms with Crippen LogP contribution in [0.5, 0.6) is 5.75 Å². The Morgan fingerprint density at radius 3 is 2.50 bits per heavy atom. The van der Waals surface area contributed by atoms with Crippen LogP contribution in [0.4, 0.5) is 4.39 Å². The highest BCUT2D eigenvalue weighted by Crippen LogP contribution is 2.26. The highest BCUT2D eigenvalue weighted by atomic mass is 19.1. The number of methoxy groups -OCH3 is 2. The summed E-state index contributed by atoms with van der Waals surface area (Å²) >= 11 is 0. The first-order valence-corrected chi connectivity index (χ1v) is 4.58. The highest BCUT2D eigenvalue weighted by molar-refractivity contribution is 5.80. The van der Waals surface area contributed by atoms with Crippen molar-refractivity contribution in [1.82, 2.24) is 0 Å². The Balaban J connectivity index is 3.14. The molecule has 1 aromatic carbocycles. The Labute approximate surface area is 92.6 Å². The molecule has 0 fully saturated rings. The number of hydrogen-bond acceptors (Lipinski definition) is 4. The van der Waals surface area contributed by atoms with Gasteiger partial charge in [-0.25, -0.2) is 9.18 Å². The van der Waals surface area contributed by atoms with E-state index >= 15 is 0 Å². The van der Waals surface area contributed by atoms with E-state index in [9.17, 15) is 14.3 Å². The number of benzene rings is 1. The summed E-state index contributed by atoms with van der Waals surface area (Å²) < 4.78 is 22.5. The van der Waals surface area contributed by atoms with Crippen molar-refractivity contribution in [1.29, 1.82) is 0 Å². The summed E-state index contributed by atoms with van der Waals surface area (Å²) in [4.78, 5) is 11.3. The lowest BCUT2D eigenvalue weighted by Crippen LogP contribution is -2.33. The van der Waals surface area contributed by atoms with E-state index in [1.54, 1.807) is 0 Å². The monoisotopic (exact) mass is 228 g/mol. The number of carbonyl (C=O) groups is 1. The molecular formula is C11H13FO4. The molecule has 0 aliphatic heterocycles. The van der Waals surface area contributed by atoms with Crippen molar-refractivity contribution < 1.29 is 23.8 Å². The molecule has 0 saturated heterocycles. The van der Waals surface area contributed by atoms with Gasteiger partial charge in [-0.15, -0.1) is 0 Å². The van der Waals surface area contributed by atoms with E-state index < -0.39 is 17.4 Å². The summed E-state index contributed by atoms with van der Waals surface area (Å²) in [6.45, 7) is 1.24. The third-order valence-corrected chi connectivity index (χ3v) is 2.30. The number of ether oxygens (including phenoxy) is 2. The van der Waals surface area contributed by atoms with Crippen LogP contribution >= 0.6 is 0 Å². The second-order valence-electron chi connectivity index (χ2n) is 3.41. The minimum atomic E-state index is -1.87. The quantitative estimate of drug-likeness (QED) is 0.790. The fourth-order valence-electron chi connectivity index (χ4n) is 1.29. The molecule has 0 aliphatic rings. The van der Waals surface area contributed by atoms with Gasteiger partial charge in [-0.1, -0.05) is 6.07 Å². The summed E-state index contributed by atoms with van der Waals surface area (Å²) in [5.41, 5.74) is -1.76. The number of carbonyl (C=O) groups excluding carboxylic acids is 1. The van der Waals surface area contributed by atoms with Crippen LogP contribution in [0.15, 0.2) is 18.2 Å². The van der Waals surface area contributed by atoms with Gasteiger partial charge < -0.3 is 14.6 Å². The summed E-state index contributed by atoms with van der Waals surface area (Å²) in [5, 5.41) is 9.86. The van der Waals surface area contributed by atoms with Gasteiger partial charge in [-0.2, -0.15) is 0 Å². The van der Waals surface area contributed by atoms with Gasteiger partial charge in [0, 0.05) is 0 Å². The van der Waals surface area contributed by atoms with E-state index in [1.807, 2.05) is 0 Å². The Kier molecular flexibility index (Phi) is 3.49. The molecule has 4 nitrogen and oxygen atoms in total. The van der Waals surface area contributed by atoms with Gasteiger partial charge in [0.1, 0.15) is 0 Å². The maximum absolute atomic E-state index is 13.4. The van der Waals surface area contributed by atoms with Gasteiger partial charge in [0.05, 0.1) is 14.2 Å². The highest BCUT2D eigenvalue weighted by Gasteiger charge is 2.34. The molecule has 1 aromatic rings. The number of halogens is 1. The molecule has 0 aliphatic carbocycles. The minimum Gasteiger partial charge on any atom is -0.494 e. The lowest BCUT2D eigenvalue weighted by molar-refractivity contribution is -0.161. The lowest BCUT2D eigenvalue weighted by atomic mass is 9.96. The van der Waals surface area contributed by atoms with Crippen LogP contribution in [-0.4, -0.2) is 25.3 Å². The summed E-state index contributed by atoms with van der Waals surface area (Å²) in [6.07, 6.45) is 0. The molecule has 0 heterocycles. The van der Waals surface area contributed by atoms with E-state index in [2.05, 4.69) is 4.74 Å². The largest absolute Gasteiger partial charge is 0.494 e. The topological polar surface area (TPSA) is 55.8 Å². The van der Waals surface area contributed by atoms with Gasteiger partial charge >= 0.3 is 5.97 Å². The van der Waals surface area contributed by atoms with Crippen molar-refractivity contribution in [3.63, 3.8) is 0 Å². The van der Waals surface area contributed by atoms with Crippen LogP contribution in [0.1, 0.15) is 12.5 Å². The van der Waals surface area contributed by atoms with Crippen LogP contribution in [0, 0.1) is 5.82 Å². The second-order valence-corrected chi connectivity index (χ2v) is 3.41. The Hall–Kier alpha value is -1.62. The Morgan fingerprint density at radius 2 is 2.06 bits per heavy atom. The molecule has 5 heteroatoms. The summed E-state index contributed by atoms with van der Waals surface area (Å²) in [7, 11) is 2.48. The standard InChI is InChI=1S/C11H13FO4/c1-11(14,10(13)16-3)7-4-5-9(15-2)8(12)6-7/h4-6,14H,1-3H3. The zero-order valence-electron chi connectivity index (χ0n) is 9.28. The fourth-order valence-corrected chi connectivity index (χ4v) is 1.29. The predicted molar refractivity (Wildman–Crippen MR) is 54.5 cm³/mol. The van der Waals surface area contributed by atoms with Gasteiger partial charge in [-0.05, 0) is 24.6 Å². The van der Waals surface area contributed by atoms with Crippen LogP contribution in [0.3, 0.4) is 0 Å². The van der Waals surface area contributed by atoms with Crippen molar-refractivity contribution in [3.8, 4) is 5.75 Å². The van der Waals surface area contributed by atoms with Gasteiger partial charge in [0.25, 0.3) is 0 Å². The Morgan fingerprint density at radius 1 is 1.44 bits per heavy atom. The van der Waals surface area contributed by atoms with Crippen LogP contribution in [0.2, 0.25) is 0 Å². The lowest BCUT2D eigenvalue weighted by Gasteiger charge is -2.20. The molecule has 0 radical (unpaired) electrons. The average Bonchev–Trinajstić information content (AvgIpc) is 2.27. The third-order valence-electron chi connectivity index (χ3n) is 2.30. The molecular weight excluding hydrogens is 215 g/mol. The molecule has 88 valence electrons. The second kappa shape index (κ2) is 4.49. The normalized spacial score (nSPS) is 14.1. The maximum Gasteiger partial charge on any atom is 0.342 e. The van der Waals surface area contributed by atoms with Crippen molar-refractivity contribution in [2.75, 3.05) is 14.2 Å². The van der Waals surface area contributed by atoms with E-state index in [0.717, 1.165) is 13.2 Å². The first-order chi connectivity index (χ1) is 7.43. The summed E-state index contributed by atoms with van der Waals surface area (Å²) in [6, 6.07) is 3.77. The average molecular weight is 228 g/mol. The van der Waals surface area contributed by atoms with Crippen LogP contribution in [-0.2, 0) is 15.1 Å². The molecule has 0 amide bonds. The molecule has 16 heavy (non-hydrogen) atoms. The number of esters is 1. The first-order valence-electron chi connectivity index (χ1n) is 4.58. The number of rotatable bonds is 3. The molecule has 0 spiro atoms. The van der Waals surface area contributed by atoms with Crippen molar-refractivity contribution >= 4 is 5.97 Å². The zero-order valence-corrected chi connectivity index (χ0v) is 9.28. The maximum atomic E-state index is 13.4. The van der Waals surface area contributed by atoms with Crippen molar-refractivity contribution in [2.45, 2.75) is 12.5 Å². The molecule has 1 N–H and O–H groups in total. The predicted octanol–water partition coefficient (Wildman–Crippen LogP) is 1.21. The van der Waals surface area contributed by atoms with Gasteiger partial charge in [0.2, 0.25) is 0 Å². The van der Waals surface area contributed by atoms with E-state index in [-0.39, 0.29) is 11.3 Å². The third kappa shape index (κ3) is 2.14. The smallest absolute Gasteiger partial charge is 0.342 e. The Bertz CT molecular complexity index is 401. The molecule has 0 saturated carbocycles. The first kappa shape index (κ1) is 12.4. The van der Waals surface area contributed by atoms with E-state index in [1.165, 1.54) is 26.2 Å². The fraction of sp³-hybridized carbons (Fsp3) is 0.364. The minimum absolute atomic E-state index is 0.0458. The molecule has 0 bridgehead atoms. The molecule has 1 unspecified atom stereocenters. The van der Waals surface area contributed by atoms with Crippen LogP contribution < -0.4 is 4.74 Å². The molecule has 1 rings (SSSR count). The SMILES string of the molecule is COC(=O)C(C)(O)c1ccc(OC)c(F)c1. The zero-order chi connectivity index (χ0) is 12.3. The van der Waals surface area contributed by atoms with Crippen molar-refractivity contribution in [3.05, 3.63) is 29.6 Å². The number of aliphatic hydroxyl groups is 1. The van der Waals surface area contributed by atoms with E-state index in [0.29, 0.717) is 0 Å². The summed E-state index contributed by atoms with van der Waals surface area (Å²) in [5.74, 6) is -1.45. The number of hydrogen-bond donors (Lipinski definition) is 1.